The number of nitrogens with zero attached hydrogens (tertiary/aromatic N) is 3. The molecular weight excluding hydrogens is 333 g/mol. The van der Waals surface area contributed by atoms with E-state index < -0.39 is 11.7 Å². The van der Waals surface area contributed by atoms with E-state index in [-0.39, 0.29) is 12.5 Å². The number of alkyl halides is 3. The van der Waals surface area contributed by atoms with E-state index in [1.54, 1.807) is 35.4 Å². The Kier molecular flexibility index (Phi) is 4.51. The predicted molar refractivity (Wildman–Crippen MR) is 84.0 cm³/mol. The molecule has 0 bridgehead atoms. The van der Waals surface area contributed by atoms with Gasteiger partial charge < -0.3 is 5.32 Å². The fourth-order valence-corrected chi connectivity index (χ4v) is 2.16. The van der Waals surface area contributed by atoms with Crippen molar-refractivity contribution in [2.45, 2.75) is 12.7 Å². The molecule has 0 aliphatic carbocycles. The number of pyridine rings is 1. The molecule has 3 rings (SSSR count). The van der Waals surface area contributed by atoms with Crippen LogP contribution in [0.4, 0.5) is 13.2 Å². The van der Waals surface area contributed by atoms with Gasteiger partial charge in [-0.2, -0.15) is 13.2 Å². The van der Waals surface area contributed by atoms with Gasteiger partial charge in [0.05, 0.1) is 11.1 Å². The van der Waals surface area contributed by atoms with Crippen LogP contribution in [0.25, 0.3) is 5.82 Å². The summed E-state index contributed by atoms with van der Waals surface area (Å²) in [5, 5.41) is 2.65. The van der Waals surface area contributed by atoms with Crippen molar-refractivity contribution < 1.29 is 18.0 Å². The number of aromatic nitrogens is 3. The van der Waals surface area contributed by atoms with Gasteiger partial charge in [-0.3, -0.25) is 9.36 Å². The van der Waals surface area contributed by atoms with E-state index in [2.05, 4.69) is 15.3 Å². The van der Waals surface area contributed by atoms with E-state index in [4.69, 9.17) is 0 Å². The maximum atomic E-state index is 12.5. The fraction of sp³-hybridized carbons (Fsp3) is 0.118. The molecule has 3 aromatic rings. The van der Waals surface area contributed by atoms with Gasteiger partial charge in [0.15, 0.2) is 0 Å². The van der Waals surface area contributed by atoms with E-state index in [0.717, 1.165) is 12.1 Å². The molecule has 0 fully saturated rings. The quantitative estimate of drug-likeness (QED) is 0.789. The number of halogens is 3. The maximum absolute atomic E-state index is 12.5. The van der Waals surface area contributed by atoms with Crippen LogP contribution < -0.4 is 5.32 Å². The molecular formula is C17H13F3N4O. The molecule has 0 aliphatic rings. The summed E-state index contributed by atoms with van der Waals surface area (Å²) in [6.07, 6.45) is 1.99. The van der Waals surface area contributed by atoms with Gasteiger partial charge in [-0.25, -0.2) is 9.97 Å². The number of carbonyl (C=O) groups excluding carboxylic acids is 1. The summed E-state index contributed by atoms with van der Waals surface area (Å²) < 4.78 is 39.2. The van der Waals surface area contributed by atoms with E-state index >= 15 is 0 Å². The molecule has 8 heteroatoms. The minimum atomic E-state index is -4.37. The number of benzene rings is 1. The van der Waals surface area contributed by atoms with Gasteiger partial charge in [0.25, 0.3) is 5.91 Å². The third-order valence-corrected chi connectivity index (χ3v) is 3.51. The number of hydrogen-bond acceptors (Lipinski definition) is 3. The maximum Gasteiger partial charge on any atom is 0.416 e. The highest BCUT2D eigenvalue weighted by Crippen LogP contribution is 2.29. The van der Waals surface area contributed by atoms with E-state index in [9.17, 15) is 18.0 Å². The van der Waals surface area contributed by atoms with Crippen molar-refractivity contribution in [3.8, 4) is 5.82 Å². The molecule has 128 valence electrons. The lowest BCUT2D eigenvalue weighted by Crippen LogP contribution is -2.23. The van der Waals surface area contributed by atoms with Crippen molar-refractivity contribution in [3.05, 3.63) is 78.0 Å². The van der Waals surface area contributed by atoms with E-state index in [1.165, 1.54) is 18.3 Å². The molecule has 0 radical (unpaired) electrons. The van der Waals surface area contributed by atoms with Crippen molar-refractivity contribution >= 4 is 5.91 Å². The topological polar surface area (TPSA) is 59.8 Å². The third-order valence-electron chi connectivity index (χ3n) is 3.51. The zero-order valence-electron chi connectivity index (χ0n) is 12.9. The second-order valence-electron chi connectivity index (χ2n) is 5.25. The highest BCUT2D eigenvalue weighted by molar-refractivity contribution is 5.93. The number of rotatable bonds is 4. The minimum absolute atomic E-state index is 0.125. The van der Waals surface area contributed by atoms with Gasteiger partial charge in [0, 0.05) is 25.1 Å². The number of nitrogens with one attached hydrogen (secondary N) is 1. The molecule has 5 nitrogen and oxygen atoms in total. The molecule has 0 unspecified atom stereocenters. The molecule has 2 aromatic heterocycles. The zero-order valence-corrected chi connectivity index (χ0v) is 12.9. The van der Waals surface area contributed by atoms with Crippen LogP contribution in [0.2, 0.25) is 0 Å². The number of imidazole rings is 1. The third kappa shape index (κ3) is 4.03. The highest BCUT2D eigenvalue weighted by atomic mass is 19.4. The Hall–Kier alpha value is -3.16. The van der Waals surface area contributed by atoms with E-state index in [1.807, 2.05) is 0 Å². The number of amides is 1. The van der Waals surface area contributed by atoms with Gasteiger partial charge in [0.2, 0.25) is 0 Å². The summed E-state index contributed by atoms with van der Waals surface area (Å²) in [6, 6.07) is 7.94. The molecule has 2 heterocycles. The molecule has 25 heavy (non-hydrogen) atoms. The first-order chi connectivity index (χ1) is 11.9. The van der Waals surface area contributed by atoms with Crippen molar-refractivity contribution in [2.24, 2.45) is 0 Å². The Labute approximate surface area is 141 Å². The Morgan fingerprint density at radius 2 is 1.88 bits per heavy atom. The van der Waals surface area contributed by atoms with Gasteiger partial charge in [0.1, 0.15) is 12.1 Å². The van der Waals surface area contributed by atoms with Crippen LogP contribution in [0.5, 0.6) is 0 Å². The minimum Gasteiger partial charge on any atom is -0.348 e. The monoisotopic (exact) mass is 346 g/mol. The Bertz CT molecular complexity index is 841. The molecule has 0 saturated carbocycles. The molecule has 0 aliphatic heterocycles. The van der Waals surface area contributed by atoms with Crippen molar-refractivity contribution in [3.63, 3.8) is 0 Å². The Morgan fingerprint density at radius 3 is 2.44 bits per heavy atom. The summed E-state index contributed by atoms with van der Waals surface area (Å²) in [4.78, 5) is 20.2. The van der Waals surface area contributed by atoms with Gasteiger partial charge in [-0.1, -0.05) is 12.1 Å². The van der Waals surface area contributed by atoms with Crippen molar-refractivity contribution in [1.82, 2.24) is 19.9 Å². The van der Waals surface area contributed by atoms with Gasteiger partial charge in [-0.05, 0) is 29.8 Å². The van der Waals surface area contributed by atoms with Crippen LogP contribution in [-0.2, 0) is 12.7 Å². The second kappa shape index (κ2) is 6.76. The normalized spacial score (nSPS) is 11.3. The van der Waals surface area contributed by atoms with Crippen LogP contribution >= 0.6 is 0 Å². The molecule has 1 amide bonds. The van der Waals surface area contributed by atoms with E-state index in [0.29, 0.717) is 16.9 Å². The average Bonchev–Trinajstić information content (AvgIpc) is 3.14. The summed E-state index contributed by atoms with van der Waals surface area (Å²) >= 11 is 0. The lowest BCUT2D eigenvalue weighted by Gasteiger charge is -2.09. The fourth-order valence-electron chi connectivity index (χ4n) is 2.16. The molecule has 0 saturated heterocycles. The summed E-state index contributed by atoms with van der Waals surface area (Å²) in [5.74, 6) is 0.265. The molecule has 1 aromatic carbocycles. The highest BCUT2D eigenvalue weighted by Gasteiger charge is 2.29. The average molecular weight is 346 g/mol. The van der Waals surface area contributed by atoms with Gasteiger partial charge in [-0.15, -0.1) is 0 Å². The van der Waals surface area contributed by atoms with Gasteiger partial charge >= 0.3 is 6.18 Å². The van der Waals surface area contributed by atoms with Crippen LogP contribution in [0, 0.1) is 0 Å². The SMILES string of the molecule is O=C(NCc1ccc(C(F)(F)F)cc1)c1ccc(-n2ccnc2)nc1. The first-order valence-corrected chi connectivity index (χ1v) is 7.32. The van der Waals surface area contributed by atoms with Crippen LogP contribution in [0.1, 0.15) is 21.5 Å². The lowest BCUT2D eigenvalue weighted by molar-refractivity contribution is -0.137. The lowest BCUT2D eigenvalue weighted by atomic mass is 10.1. The van der Waals surface area contributed by atoms with Crippen LogP contribution in [0.15, 0.2) is 61.3 Å². The number of carbonyl (C=O) groups is 1. The molecule has 0 spiro atoms. The van der Waals surface area contributed by atoms with Crippen LogP contribution in [0.3, 0.4) is 0 Å². The van der Waals surface area contributed by atoms with Crippen molar-refractivity contribution in [2.75, 3.05) is 0 Å². The Morgan fingerprint density at radius 1 is 1.12 bits per heavy atom. The largest absolute Gasteiger partial charge is 0.416 e. The number of hydrogen-bond donors (Lipinski definition) is 1. The first kappa shape index (κ1) is 16.7. The smallest absolute Gasteiger partial charge is 0.348 e. The standard InChI is InChI=1S/C17H13F3N4O/c18-17(19,20)14-4-1-12(2-5-14)9-23-16(25)13-3-6-15(22-10-13)24-8-7-21-11-24/h1-8,10-11H,9H2,(H,23,25). The molecule has 1 N–H and O–H groups in total. The summed E-state index contributed by atoms with van der Waals surface area (Å²) in [7, 11) is 0. The Balaban J connectivity index is 1.61. The first-order valence-electron chi connectivity index (χ1n) is 7.32. The zero-order chi connectivity index (χ0) is 17.9. The van der Waals surface area contributed by atoms with Crippen molar-refractivity contribution in [1.29, 1.82) is 0 Å². The summed E-state index contributed by atoms with van der Waals surface area (Å²) in [6.45, 7) is 0.125. The molecule has 0 atom stereocenters. The second-order valence-corrected chi connectivity index (χ2v) is 5.25. The predicted octanol–water partition coefficient (Wildman–Crippen LogP) is 3.22. The summed E-state index contributed by atoms with van der Waals surface area (Å²) in [5.41, 5.74) is 0.210. The van der Waals surface area contributed by atoms with Crippen LogP contribution in [-0.4, -0.2) is 20.4 Å².